The third kappa shape index (κ3) is 5.49. The molecule has 0 bridgehead atoms. The number of hydrogen-bond donors (Lipinski definition) is 1. The summed E-state index contributed by atoms with van der Waals surface area (Å²) in [4.78, 5) is 41.2. The molecule has 178 valence electrons. The molecule has 2 fully saturated rings. The molecule has 2 saturated heterocycles. The van der Waals surface area contributed by atoms with Crippen LogP contribution in [-0.2, 0) is 19.0 Å². The Hall–Kier alpha value is -1.87. The highest BCUT2D eigenvalue weighted by Crippen LogP contribution is 2.40. The van der Waals surface area contributed by atoms with Crippen molar-refractivity contribution < 1.29 is 33.7 Å². The molecule has 31 heavy (non-hydrogen) atoms. The van der Waals surface area contributed by atoms with E-state index in [1.54, 1.807) is 69.2 Å². The molecular formula is C22H38N2O7. The zero-order valence-electron chi connectivity index (χ0n) is 20.4. The third-order valence-corrected chi connectivity index (χ3v) is 5.35. The SMILES string of the molecule is CC(C)(C)OC(=O)N1C(=O)C(C(O)[C@H]2COC(C)(C)N2C(=O)OC(C)(C)C)CC1(C)C. The van der Waals surface area contributed by atoms with E-state index < -0.39 is 58.6 Å². The Balaban J connectivity index is 2.28. The number of carbonyl (C=O) groups is 3. The fourth-order valence-corrected chi connectivity index (χ4v) is 4.11. The molecule has 2 aliphatic rings. The minimum absolute atomic E-state index is 0.0457. The number of likely N-dealkylation sites (tertiary alicyclic amines) is 1. The molecule has 9 nitrogen and oxygen atoms in total. The second-order valence-electron chi connectivity index (χ2n) is 11.4. The highest BCUT2D eigenvalue weighted by molar-refractivity contribution is 5.96. The van der Waals surface area contributed by atoms with E-state index in [4.69, 9.17) is 14.2 Å². The fourth-order valence-electron chi connectivity index (χ4n) is 4.11. The smallest absolute Gasteiger partial charge is 0.417 e. The van der Waals surface area contributed by atoms with Gasteiger partial charge in [-0.25, -0.2) is 14.5 Å². The maximum absolute atomic E-state index is 13.2. The van der Waals surface area contributed by atoms with Gasteiger partial charge in [0.15, 0.2) is 0 Å². The molecule has 0 aliphatic carbocycles. The lowest BCUT2D eigenvalue weighted by molar-refractivity contribution is -0.136. The topological polar surface area (TPSA) is 106 Å². The van der Waals surface area contributed by atoms with Gasteiger partial charge in [-0.05, 0) is 75.7 Å². The van der Waals surface area contributed by atoms with Crippen LogP contribution >= 0.6 is 0 Å². The molecule has 3 amide bonds. The summed E-state index contributed by atoms with van der Waals surface area (Å²) >= 11 is 0. The lowest BCUT2D eigenvalue weighted by Gasteiger charge is -2.37. The first-order chi connectivity index (χ1) is 13.8. The van der Waals surface area contributed by atoms with Crippen molar-refractivity contribution in [1.29, 1.82) is 0 Å². The zero-order valence-corrected chi connectivity index (χ0v) is 20.4. The molecule has 9 heteroatoms. The molecule has 0 radical (unpaired) electrons. The predicted molar refractivity (Wildman–Crippen MR) is 113 cm³/mol. The van der Waals surface area contributed by atoms with E-state index >= 15 is 0 Å². The van der Waals surface area contributed by atoms with Crippen molar-refractivity contribution in [3.05, 3.63) is 0 Å². The van der Waals surface area contributed by atoms with E-state index in [1.807, 2.05) is 0 Å². The minimum Gasteiger partial charge on any atom is -0.444 e. The number of ether oxygens (including phenoxy) is 3. The van der Waals surface area contributed by atoms with E-state index in [-0.39, 0.29) is 13.0 Å². The minimum atomic E-state index is -1.24. The lowest BCUT2D eigenvalue weighted by Crippen LogP contribution is -2.55. The van der Waals surface area contributed by atoms with Crippen LogP contribution in [0.5, 0.6) is 0 Å². The van der Waals surface area contributed by atoms with Crippen molar-refractivity contribution >= 4 is 18.1 Å². The summed E-state index contributed by atoms with van der Waals surface area (Å²) in [5, 5.41) is 11.2. The number of aliphatic hydroxyl groups is 1. The average molecular weight is 443 g/mol. The Kier molecular flexibility index (Phi) is 6.49. The van der Waals surface area contributed by atoms with Crippen molar-refractivity contribution in [2.45, 2.75) is 110 Å². The summed E-state index contributed by atoms with van der Waals surface area (Å²) < 4.78 is 16.7. The number of amides is 3. The first kappa shape index (κ1) is 25.4. The van der Waals surface area contributed by atoms with Crippen LogP contribution in [0.1, 0.15) is 75.7 Å². The van der Waals surface area contributed by atoms with E-state index in [0.717, 1.165) is 4.90 Å². The van der Waals surface area contributed by atoms with Gasteiger partial charge in [0, 0.05) is 5.54 Å². The molecule has 2 heterocycles. The van der Waals surface area contributed by atoms with Crippen LogP contribution in [0, 0.1) is 5.92 Å². The van der Waals surface area contributed by atoms with Crippen molar-refractivity contribution in [1.82, 2.24) is 9.80 Å². The molecule has 0 aromatic rings. The monoisotopic (exact) mass is 442 g/mol. The van der Waals surface area contributed by atoms with Crippen molar-refractivity contribution in [3.63, 3.8) is 0 Å². The molecule has 3 atom stereocenters. The van der Waals surface area contributed by atoms with Crippen molar-refractivity contribution in [2.75, 3.05) is 6.61 Å². The van der Waals surface area contributed by atoms with Gasteiger partial charge >= 0.3 is 12.2 Å². The van der Waals surface area contributed by atoms with Crippen LogP contribution in [0.4, 0.5) is 9.59 Å². The molecule has 2 rings (SSSR count). The second-order valence-corrected chi connectivity index (χ2v) is 11.4. The Labute approximate surface area is 185 Å². The van der Waals surface area contributed by atoms with Crippen LogP contribution in [-0.4, -0.2) is 74.2 Å². The van der Waals surface area contributed by atoms with Gasteiger partial charge in [-0.1, -0.05) is 0 Å². The van der Waals surface area contributed by atoms with Crippen LogP contribution in [0.25, 0.3) is 0 Å². The first-order valence-electron chi connectivity index (χ1n) is 10.7. The van der Waals surface area contributed by atoms with Gasteiger partial charge in [0.2, 0.25) is 5.91 Å². The largest absolute Gasteiger partial charge is 0.444 e. The summed E-state index contributed by atoms with van der Waals surface area (Å²) in [5.41, 5.74) is -3.36. The highest BCUT2D eigenvalue weighted by Gasteiger charge is 2.57. The number of nitrogens with zero attached hydrogens (tertiary/aromatic N) is 2. The second kappa shape index (κ2) is 7.92. The normalized spacial score (nSPS) is 26.7. The molecule has 0 saturated carbocycles. The average Bonchev–Trinajstić information content (AvgIpc) is 2.95. The van der Waals surface area contributed by atoms with Gasteiger partial charge in [-0.3, -0.25) is 9.69 Å². The van der Waals surface area contributed by atoms with Crippen LogP contribution in [0.3, 0.4) is 0 Å². The van der Waals surface area contributed by atoms with Gasteiger partial charge in [-0.15, -0.1) is 0 Å². The fraction of sp³-hybridized carbons (Fsp3) is 0.864. The third-order valence-electron chi connectivity index (χ3n) is 5.35. The summed E-state index contributed by atoms with van der Waals surface area (Å²) in [6.07, 6.45) is -2.39. The molecular weight excluding hydrogens is 404 g/mol. The van der Waals surface area contributed by atoms with Gasteiger partial charge in [-0.2, -0.15) is 0 Å². The Morgan fingerprint density at radius 2 is 1.52 bits per heavy atom. The van der Waals surface area contributed by atoms with Gasteiger partial charge in [0.25, 0.3) is 0 Å². The van der Waals surface area contributed by atoms with Crippen molar-refractivity contribution in [2.24, 2.45) is 5.92 Å². The summed E-state index contributed by atoms with van der Waals surface area (Å²) in [5.74, 6) is -1.42. The van der Waals surface area contributed by atoms with Crippen molar-refractivity contribution in [3.8, 4) is 0 Å². The highest BCUT2D eigenvalue weighted by atomic mass is 16.6. The Bertz CT molecular complexity index is 733. The number of aliphatic hydroxyl groups excluding tert-OH is 1. The van der Waals surface area contributed by atoms with E-state index in [1.165, 1.54) is 4.90 Å². The maximum atomic E-state index is 13.2. The molecule has 0 aromatic carbocycles. The van der Waals surface area contributed by atoms with E-state index in [2.05, 4.69) is 0 Å². The summed E-state index contributed by atoms with van der Waals surface area (Å²) in [6.45, 7) is 17.4. The quantitative estimate of drug-likeness (QED) is 0.699. The number of imide groups is 1. The Morgan fingerprint density at radius 3 is 2.00 bits per heavy atom. The standard InChI is InChI=1S/C22H38N2O7/c1-19(2,3)30-17(27)23-14(12-29-22(23,9)10)15(25)13-11-21(7,8)24(16(13)26)18(28)31-20(4,5)6/h13-15,25H,11-12H2,1-10H3/t13?,14-,15?/m1/s1. The molecule has 0 aromatic heterocycles. The number of hydrogen-bond acceptors (Lipinski definition) is 7. The van der Waals surface area contributed by atoms with Crippen LogP contribution in [0.2, 0.25) is 0 Å². The number of carbonyl (C=O) groups excluding carboxylic acids is 3. The van der Waals surface area contributed by atoms with Gasteiger partial charge in [0.1, 0.15) is 16.9 Å². The number of rotatable bonds is 2. The zero-order chi connectivity index (χ0) is 24.2. The van der Waals surface area contributed by atoms with E-state index in [9.17, 15) is 19.5 Å². The first-order valence-corrected chi connectivity index (χ1v) is 10.7. The van der Waals surface area contributed by atoms with E-state index in [0.29, 0.717) is 0 Å². The molecule has 2 aliphatic heterocycles. The van der Waals surface area contributed by atoms with Gasteiger partial charge < -0.3 is 19.3 Å². The molecule has 0 spiro atoms. The summed E-state index contributed by atoms with van der Waals surface area (Å²) in [6, 6.07) is -0.798. The predicted octanol–water partition coefficient (Wildman–Crippen LogP) is 3.28. The molecule has 1 N–H and O–H groups in total. The van der Waals surface area contributed by atoms with Crippen LogP contribution < -0.4 is 0 Å². The van der Waals surface area contributed by atoms with Gasteiger partial charge in [0.05, 0.1) is 24.7 Å². The van der Waals surface area contributed by atoms with Crippen LogP contribution in [0.15, 0.2) is 0 Å². The summed E-state index contributed by atoms with van der Waals surface area (Å²) in [7, 11) is 0. The molecule has 2 unspecified atom stereocenters. The lowest BCUT2D eigenvalue weighted by atomic mass is 9.89. The maximum Gasteiger partial charge on any atom is 0.417 e. The Morgan fingerprint density at radius 1 is 1.03 bits per heavy atom.